The minimum absolute atomic E-state index is 0.0871. The first kappa shape index (κ1) is 22.7. The van der Waals surface area contributed by atoms with Gasteiger partial charge in [-0.2, -0.15) is 0 Å². The average molecular weight is 478 g/mol. The Morgan fingerprint density at radius 3 is 2.18 bits per heavy atom. The van der Waals surface area contributed by atoms with Gasteiger partial charge in [0.1, 0.15) is 0 Å². The Kier molecular flexibility index (Phi) is 6.22. The van der Waals surface area contributed by atoms with Crippen LogP contribution in [0.25, 0.3) is 0 Å². The normalized spacial score (nSPS) is 18.8. The van der Waals surface area contributed by atoms with Crippen LogP contribution in [0.5, 0.6) is 11.5 Å². The summed E-state index contributed by atoms with van der Waals surface area (Å²) >= 11 is 6.34. The van der Waals surface area contributed by atoms with Crippen LogP contribution in [0, 0.1) is 0 Å². The second-order valence-corrected chi connectivity index (χ2v) is 9.56. The van der Waals surface area contributed by atoms with Gasteiger partial charge in [-0.25, -0.2) is 0 Å². The number of ether oxygens (including phenoxy) is 1. The monoisotopic (exact) mass is 477 g/mol. The molecule has 5 nitrogen and oxygen atoms in total. The fourth-order valence-electron chi connectivity index (χ4n) is 5.62. The Bertz CT molecular complexity index is 1170. The number of carbonyl (C=O) groups excluding carboxylic acids is 2. The van der Waals surface area contributed by atoms with Gasteiger partial charge >= 0.3 is 0 Å². The number of phenolic OH excluding ortho intramolecular Hbond substituents is 1. The second kappa shape index (κ2) is 9.30. The minimum atomic E-state index is -0.481. The average Bonchev–Trinajstić information content (AvgIpc) is 2.85. The number of allylic oxidation sites excluding steroid dienone is 4. The van der Waals surface area contributed by atoms with Gasteiger partial charge in [0, 0.05) is 47.8 Å². The van der Waals surface area contributed by atoms with Gasteiger partial charge in [-0.1, -0.05) is 41.9 Å². The summed E-state index contributed by atoms with van der Waals surface area (Å²) < 4.78 is 5.34. The predicted molar refractivity (Wildman–Crippen MR) is 131 cm³/mol. The molecule has 1 aliphatic heterocycles. The molecule has 6 heteroatoms. The van der Waals surface area contributed by atoms with Gasteiger partial charge in [0.2, 0.25) is 0 Å². The van der Waals surface area contributed by atoms with E-state index in [0.717, 1.165) is 50.0 Å². The summed E-state index contributed by atoms with van der Waals surface area (Å²) in [6.45, 7) is 0.731. The zero-order chi connectivity index (χ0) is 23.8. The molecule has 0 atom stereocenters. The van der Waals surface area contributed by atoms with Crippen LogP contribution >= 0.6 is 11.6 Å². The molecule has 0 saturated heterocycles. The molecule has 0 bridgehead atoms. The predicted octanol–water partition coefficient (Wildman–Crippen LogP) is 5.71. The third-order valence-electron chi connectivity index (χ3n) is 7.16. The molecule has 34 heavy (non-hydrogen) atoms. The van der Waals surface area contributed by atoms with Crippen molar-refractivity contribution in [2.24, 2.45) is 0 Å². The lowest BCUT2D eigenvalue weighted by molar-refractivity contribution is -0.117. The number of ketones is 2. The summed E-state index contributed by atoms with van der Waals surface area (Å²) in [5, 5.41) is 10.4. The molecule has 1 heterocycles. The molecule has 0 fully saturated rings. The maximum atomic E-state index is 13.4. The molecule has 0 amide bonds. The van der Waals surface area contributed by atoms with E-state index in [1.165, 1.54) is 12.7 Å². The first-order chi connectivity index (χ1) is 16.5. The number of halogens is 1. The van der Waals surface area contributed by atoms with E-state index in [1.807, 2.05) is 18.2 Å². The third kappa shape index (κ3) is 3.92. The lowest BCUT2D eigenvalue weighted by atomic mass is 9.71. The first-order valence-electron chi connectivity index (χ1n) is 11.9. The summed E-state index contributed by atoms with van der Waals surface area (Å²) in [4.78, 5) is 29.0. The van der Waals surface area contributed by atoms with Gasteiger partial charge in [-0.05, 0) is 55.4 Å². The topological polar surface area (TPSA) is 66.8 Å². The molecule has 176 valence electrons. The van der Waals surface area contributed by atoms with Crippen molar-refractivity contribution >= 4 is 23.2 Å². The number of hydrogen-bond acceptors (Lipinski definition) is 5. The summed E-state index contributed by atoms with van der Waals surface area (Å²) in [5.41, 5.74) is 5.43. The van der Waals surface area contributed by atoms with E-state index in [1.54, 1.807) is 12.1 Å². The van der Waals surface area contributed by atoms with Gasteiger partial charge in [0.05, 0.1) is 12.1 Å². The number of nitrogens with zero attached hydrogens (tertiary/aromatic N) is 1. The van der Waals surface area contributed by atoms with Gasteiger partial charge in [0.15, 0.2) is 23.1 Å². The fourth-order valence-corrected chi connectivity index (χ4v) is 5.84. The van der Waals surface area contributed by atoms with Crippen LogP contribution in [-0.4, -0.2) is 35.2 Å². The minimum Gasteiger partial charge on any atom is -0.503 e. The lowest BCUT2D eigenvalue weighted by Crippen LogP contribution is -2.39. The summed E-state index contributed by atoms with van der Waals surface area (Å²) in [5.74, 6) is -0.204. The first-order valence-corrected chi connectivity index (χ1v) is 12.3. The van der Waals surface area contributed by atoms with Crippen molar-refractivity contribution in [1.82, 2.24) is 4.90 Å². The molecular weight excluding hydrogens is 450 g/mol. The van der Waals surface area contributed by atoms with Crippen molar-refractivity contribution in [1.29, 1.82) is 0 Å². The summed E-state index contributed by atoms with van der Waals surface area (Å²) in [6.07, 6.45) is 5.01. The van der Waals surface area contributed by atoms with Crippen molar-refractivity contribution in [3.8, 4) is 11.5 Å². The molecular formula is C28H28ClNO4. The van der Waals surface area contributed by atoms with E-state index in [4.69, 9.17) is 16.3 Å². The number of phenols is 1. The Balaban J connectivity index is 1.66. The Morgan fingerprint density at radius 2 is 1.59 bits per heavy atom. The van der Waals surface area contributed by atoms with E-state index >= 15 is 0 Å². The van der Waals surface area contributed by atoms with Crippen LogP contribution in [-0.2, 0) is 16.0 Å². The molecule has 3 aliphatic rings. The standard InChI is InChI=1S/C28H28ClNO4/c1-34-24-16-18(15-19(29)28(24)33)25-26-20(9-5-11-22(26)31)30(14-13-17-7-3-2-4-8-17)21-10-6-12-23(32)27(21)25/h2-4,7-8,15-16,25,33H,5-6,9-14H2,1H3. The lowest BCUT2D eigenvalue weighted by Gasteiger charge is -2.44. The van der Waals surface area contributed by atoms with Crippen molar-refractivity contribution in [2.45, 2.75) is 50.9 Å². The van der Waals surface area contributed by atoms with Crippen LogP contribution in [0.4, 0.5) is 0 Å². The number of Topliss-reactive ketones (excluding diaryl/α,β-unsaturated/α-hetero) is 2. The number of hydrogen-bond donors (Lipinski definition) is 1. The second-order valence-electron chi connectivity index (χ2n) is 9.15. The molecule has 0 spiro atoms. The maximum absolute atomic E-state index is 13.4. The Hall–Kier alpha value is -3.05. The van der Waals surface area contributed by atoms with Crippen molar-refractivity contribution in [3.63, 3.8) is 0 Å². The third-order valence-corrected chi connectivity index (χ3v) is 7.45. The van der Waals surface area contributed by atoms with Gasteiger partial charge in [-0.15, -0.1) is 0 Å². The summed E-state index contributed by atoms with van der Waals surface area (Å²) in [7, 11) is 1.47. The van der Waals surface area contributed by atoms with Gasteiger partial charge < -0.3 is 14.7 Å². The van der Waals surface area contributed by atoms with Crippen LogP contribution in [0.15, 0.2) is 65.0 Å². The van der Waals surface area contributed by atoms with Crippen LogP contribution in [0.3, 0.4) is 0 Å². The highest BCUT2D eigenvalue weighted by Gasteiger charge is 2.43. The van der Waals surface area contributed by atoms with E-state index in [0.29, 0.717) is 29.6 Å². The molecule has 1 N–H and O–H groups in total. The van der Waals surface area contributed by atoms with Gasteiger partial charge in [0.25, 0.3) is 0 Å². The molecule has 0 unspecified atom stereocenters. The largest absolute Gasteiger partial charge is 0.503 e. The number of benzene rings is 2. The molecule has 2 aliphatic carbocycles. The highest BCUT2D eigenvalue weighted by atomic mass is 35.5. The highest BCUT2D eigenvalue weighted by Crippen LogP contribution is 2.50. The molecule has 0 radical (unpaired) electrons. The smallest absolute Gasteiger partial charge is 0.176 e. The molecule has 0 aromatic heterocycles. The molecule has 5 rings (SSSR count). The number of carbonyl (C=O) groups is 2. The highest BCUT2D eigenvalue weighted by molar-refractivity contribution is 6.32. The fraction of sp³-hybridized carbons (Fsp3) is 0.357. The molecule has 2 aromatic rings. The number of aromatic hydroxyl groups is 1. The maximum Gasteiger partial charge on any atom is 0.176 e. The van der Waals surface area contributed by atoms with Crippen molar-refractivity contribution < 1.29 is 19.4 Å². The zero-order valence-electron chi connectivity index (χ0n) is 19.3. The van der Waals surface area contributed by atoms with E-state index < -0.39 is 5.92 Å². The van der Waals surface area contributed by atoms with E-state index in [9.17, 15) is 14.7 Å². The Morgan fingerprint density at radius 1 is 0.971 bits per heavy atom. The quantitative estimate of drug-likeness (QED) is 0.597. The van der Waals surface area contributed by atoms with Gasteiger partial charge in [-0.3, -0.25) is 9.59 Å². The number of rotatable bonds is 5. The zero-order valence-corrected chi connectivity index (χ0v) is 20.0. The Labute approximate surface area is 204 Å². The van der Waals surface area contributed by atoms with E-state index in [2.05, 4.69) is 17.0 Å². The summed E-state index contributed by atoms with van der Waals surface area (Å²) in [6, 6.07) is 13.7. The SMILES string of the molecule is COc1cc(C2C3=C(CCCC3=O)N(CCc3ccccc3)C3=C2C(=O)CCC3)cc(Cl)c1O. The van der Waals surface area contributed by atoms with Crippen LogP contribution in [0.1, 0.15) is 55.6 Å². The number of methoxy groups -OCH3 is 1. The molecule has 2 aromatic carbocycles. The van der Waals surface area contributed by atoms with Crippen molar-refractivity contribution in [2.75, 3.05) is 13.7 Å². The van der Waals surface area contributed by atoms with Crippen LogP contribution < -0.4 is 4.74 Å². The van der Waals surface area contributed by atoms with E-state index in [-0.39, 0.29) is 28.1 Å². The molecule has 0 saturated carbocycles. The van der Waals surface area contributed by atoms with Crippen LogP contribution in [0.2, 0.25) is 5.02 Å². The van der Waals surface area contributed by atoms with Crippen molar-refractivity contribution in [3.05, 3.63) is 81.2 Å².